The number of benzene rings is 1. The molecule has 2 heteroatoms. The minimum absolute atomic E-state index is 0.0100. The number of alkyl halides is 1. The maximum absolute atomic E-state index is 6.43. The number of hydrogen-bond acceptors (Lipinski definition) is 1. The minimum Gasteiger partial charge on any atom is -0.264 e. The lowest BCUT2D eigenvalue weighted by Crippen LogP contribution is -1.99. The number of rotatable bonds is 3. The van der Waals surface area contributed by atoms with E-state index in [0.29, 0.717) is 0 Å². The van der Waals surface area contributed by atoms with Gasteiger partial charge in [-0.1, -0.05) is 29.8 Å². The highest BCUT2D eigenvalue weighted by atomic mass is 35.5. The lowest BCUT2D eigenvalue weighted by atomic mass is 9.99. The SMILES string of the molecule is Cc1ccc(C)c(CC(Cl)c2cccnc2)c1. The Kier molecular flexibility index (Phi) is 3.80. The van der Waals surface area contributed by atoms with Crippen LogP contribution >= 0.6 is 11.6 Å². The van der Waals surface area contributed by atoms with Gasteiger partial charge in [0.05, 0.1) is 5.38 Å². The van der Waals surface area contributed by atoms with Gasteiger partial charge < -0.3 is 0 Å². The molecular formula is C15H16ClN. The molecule has 1 nitrogen and oxygen atoms in total. The van der Waals surface area contributed by atoms with Gasteiger partial charge in [0, 0.05) is 12.4 Å². The van der Waals surface area contributed by atoms with Crippen molar-refractivity contribution in [2.75, 3.05) is 0 Å². The van der Waals surface area contributed by atoms with Crippen LogP contribution in [-0.2, 0) is 6.42 Å². The van der Waals surface area contributed by atoms with Crippen molar-refractivity contribution < 1.29 is 0 Å². The molecule has 0 saturated heterocycles. The van der Waals surface area contributed by atoms with Crippen molar-refractivity contribution in [1.29, 1.82) is 0 Å². The molecule has 0 N–H and O–H groups in total. The van der Waals surface area contributed by atoms with Crippen molar-refractivity contribution in [2.45, 2.75) is 25.6 Å². The van der Waals surface area contributed by atoms with E-state index in [2.05, 4.69) is 37.0 Å². The summed E-state index contributed by atoms with van der Waals surface area (Å²) in [7, 11) is 0. The fourth-order valence-electron chi connectivity index (χ4n) is 1.89. The normalized spacial score (nSPS) is 12.4. The molecule has 1 aromatic carbocycles. The molecule has 1 unspecified atom stereocenters. The Bertz CT molecular complexity index is 494. The molecule has 1 atom stereocenters. The highest BCUT2D eigenvalue weighted by Gasteiger charge is 2.10. The van der Waals surface area contributed by atoms with Gasteiger partial charge in [0.15, 0.2) is 0 Å². The fraction of sp³-hybridized carbons (Fsp3) is 0.267. The predicted octanol–water partition coefficient (Wildman–Crippen LogP) is 4.22. The van der Waals surface area contributed by atoms with Gasteiger partial charge >= 0.3 is 0 Å². The highest BCUT2D eigenvalue weighted by Crippen LogP contribution is 2.26. The molecule has 0 bridgehead atoms. The lowest BCUT2D eigenvalue weighted by molar-refractivity contribution is 0.901. The first kappa shape index (κ1) is 12.1. The summed E-state index contributed by atoms with van der Waals surface area (Å²) in [4.78, 5) is 4.10. The van der Waals surface area contributed by atoms with Crippen LogP contribution in [0, 0.1) is 13.8 Å². The molecule has 0 aliphatic carbocycles. The average Bonchev–Trinajstić information content (AvgIpc) is 2.35. The van der Waals surface area contributed by atoms with Crippen LogP contribution in [0.15, 0.2) is 42.7 Å². The van der Waals surface area contributed by atoms with E-state index in [1.807, 2.05) is 18.3 Å². The molecule has 0 aliphatic heterocycles. The van der Waals surface area contributed by atoms with E-state index < -0.39 is 0 Å². The maximum atomic E-state index is 6.43. The van der Waals surface area contributed by atoms with Gasteiger partial charge in [0.2, 0.25) is 0 Å². The van der Waals surface area contributed by atoms with Crippen molar-refractivity contribution in [3.05, 3.63) is 65.0 Å². The van der Waals surface area contributed by atoms with Crippen LogP contribution in [0.5, 0.6) is 0 Å². The first-order valence-corrected chi connectivity index (χ1v) is 6.20. The molecule has 1 aromatic heterocycles. The number of pyridine rings is 1. The van der Waals surface area contributed by atoms with Gasteiger partial charge in [-0.3, -0.25) is 4.98 Å². The smallest absolute Gasteiger partial charge is 0.0640 e. The van der Waals surface area contributed by atoms with Gasteiger partial charge in [0.1, 0.15) is 0 Å². The van der Waals surface area contributed by atoms with Crippen LogP contribution in [0.3, 0.4) is 0 Å². The number of aryl methyl sites for hydroxylation is 2. The Balaban J connectivity index is 2.18. The zero-order valence-electron chi connectivity index (χ0n) is 10.2. The molecule has 0 amide bonds. The van der Waals surface area contributed by atoms with E-state index in [1.165, 1.54) is 16.7 Å². The van der Waals surface area contributed by atoms with Crippen LogP contribution in [0.1, 0.15) is 27.6 Å². The zero-order chi connectivity index (χ0) is 12.3. The number of hydrogen-bond donors (Lipinski definition) is 0. The maximum Gasteiger partial charge on any atom is 0.0640 e. The van der Waals surface area contributed by atoms with Gasteiger partial charge in [-0.05, 0) is 43.0 Å². The molecule has 0 radical (unpaired) electrons. The Hall–Kier alpha value is -1.34. The van der Waals surface area contributed by atoms with Crippen LogP contribution in [0.4, 0.5) is 0 Å². The van der Waals surface area contributed by atoms with E-state index in [-0.39, 0.29) is 5.38 Å². The van der Waals surface area contributed by atoms with Crippen LogP contribution in [-0.4, -0.2) is 4.98 Å². The molecule has 0 aliphatic rings. The van der Waals surface area contributed by atoms with Gasteiger partial charge in [-0.15, -0.1) is 11.6 Å². The quantitative estimate of drug-likeness (QED) is 0.738. The summed E-state index contributed by atoms with van der Waals surface area (Å²) in [6.07, 6.45) is 4.45. The molecule has 17 heavy (non-hydrogen) atoms. The van der Waals surface area contributed by atoms with Crippen LogP contribution in [0.25, 0.3) is 0 Å². The van der Waals surface area contributed by atoms with Gasteiger partial charge in [0.25, 0.3) is 0 Å². The van der Waals surface area contributed by atoms with E-state index in [4.69, 9.17) is 11.6 Å². The van der Waals surface area contributed by atoms with Crippen molar-refractivity contribution >= 4 is 11.6 Å². The first-order chi connectivity index (χ1) is 8.16. The molecule has 2 rings (SSSR count). The van der Waals surface area contributed by atoms with E-state index >= 15 is 0 Å². The molecule has 0 fully saturated rings. The Labute approximate surface area is 107 Å². The lowest BCUT2D eigenvalue weighted by Gasteiger charge is -2.12. The topological polar surface area (TPSA) is 12.9 Å². The molecular weight excluding hydrogens is 230 g/mol. The summed E-state index contributed by atoms with van der Waals surface area (Å²) in [5, 5.41) is -0.0100. The third-order valence-corrected chi connectivity index (χ3v) is 3.36. The molecule has 0 saturated carbocycles. The van der Waals surface area contributed by atoms with Crippen molar-refractivity contribution in [1.82, 2.24) is 4.98 Å². The summed E-state index contributed by atoms with van der Waals surface area (Å²) in [6.45, 7) is 4.23. The molecule has 88 valence electrons. The Morgan fingerprint density at radius 1 is 1.24 bits per heavy atom. The molecule has 1 heterocycles. The zero-order valence-corrected chi connectivity index (χ0v) is 10.9. The summed E-state index contributed by atoms with van der Waals surface area (Å²) in [6, 6.07) is 10.4. The van der Waals surface area contributed by atoms with Crippen molar-refractivity contribution in [3.8, 4) is 0 Å². The summed E-state index contributed by atoms with van der Waals surface area (Å²) >= 11 is 6.43. The van der Waals surface area contributed by atoms with Crippen molar-refractivity contribution in [3.63, 3.8) is 0 Å². The van der Waals surface area contributed by atoms with Crippen LogP contribution in [0.2, 0.25) is 0 Å². The highest BCUT2D eigenvalue weighted by molar-refractivity contribution is 6.20. The average molecular weight is 246 g/mol. The summed E-state index contributed by atoms with van der Waals surface area (Å²) in [5.74, 6) is 0. The molecule has 0 spiro atoms. The Morgan fingerprint density at radius 2 is 2.06 bits per heavy atom. The van der Waals surface area contributed by atoms with Gasteiger partial charge in [-0.25, -0.2) is 0 Å². The van der Waals surface area contributed by atoms with Crippen molar-refractivity contribution in [2.24, 2.45) is 0 Å². The van der Waals surface area contributed by atoms with Crippen LogP contribution < -0.4 is 0 Å². The third kappa shape index (κ3) is 3.07. The predicted molar refractivity (Wildman–Crippen MR) is 72.5 cm³/mol. The summed E-state index contributed by atoms with van der Waals surface area (Å²) in [5.41, 5.74) is 4.97. The molecule has 2 aromatic rings. The third-order valence-electron chi connectivity index (χ3n) is 2.95. The number of halogens is 1. The standard InChI is InChI=1S/C15H16ClN/c1-11-5-6-12(2)14(8-11)9-15(16)13-4-3-7-17-10-13/h3-8,10,15H,9H2,1-2H3. The number of nitrogens with zero attached hydrogens (tertiary/aromatic N) is 1. The monoisotopic (exact) mass is 245 g/mol. The second-order valence-electron chi connectivity index (χ2n) is 4.39. The summed E-state index contributed by atoms with van der Waals surface area (Å²) < 4.78 is 0. The van der Waals surface area contributed by atoms with E-state index in [0.717, 1.165) is 12.0 Å². The van der Waals surface area contributed by atoms with Gasteiger partial charge in [-0.2, -0.15) is 0 Å². The Morgan fingerprint density at radius 3 is 2.76 bits per heavy atom. The second kappa shape index (κ2) is 5.33. The fourth-order valence-corrected chi connectivity index (χ4v) is 2.19. The van der Waals surface area contributed by atoms with E-state index in [9.17, 15) is 0 Å². The first-order valence-electron chi connectivity index (χ1n) is 5.77. The second-order valence-corrected chi connectivity index (χ2v) is 4.91. The largest absolute Gasteiger partial charge is 0.264 e. The van der Waals surface area contributed by atoms with E-state index in [1.54, 1.807) is 6.20 Å². The number of aromatic nitrogens is 1. The minimum atomic E-state index is -0.0100.